The van der Waals surface area contributed by atoms with Crippen LogP contribution in [-0.4, -0.2) is 53.1 Å². The number of nitrogens with one attached hydrogen (secondary N) is 1. The van der Waals surface area contributed by atoms with Crippen LogP contribution in [0.2, 0.25) is 0 Å². The number of methoxy groups -OCH3 is 1. The molecule has 0 radical (unpaired) electrons. The van der Waals surface area contributed by atoms with E-state index in [2.05, 4.69) is 25.2 Å². The molecule has 4 aromatic rings. The van der Waals surface area contributed by atoms with Crippen LogP contribution in [0.1, 0.15) is 16.7 Å². The van der Waals surface area contributed by atoms with E-state index < -0.39 is 0 Å². The third-order valence-electron chi connectivity index (χ3n) is 6.25. The van der Waals surface area contributed by atoms with Gasteiger partial charge in [0.15, 0.2) is 0 Å². The molecule has 7 nitrogen and oxygen atoms in total. The van der Waals surface area contributed by atoms with Gasteiger partial charge in [0, 0.05) is 31.1 Å². The molecule has 0 saturated carbocycles. The van der Waals surface area contributed by atoms with E-state index in [0.29, 0.717) is 19.1 Å². The number of ether oxygens (including phenoxy) is 1. The van der Waals surface area contributed by atoms with Crippen molar-refractivity contribution in [3.05, 3.63) is 102 Å². The summed E-state index contributed by atoms with van der Waals surface area (Å²) in [5, 5.41) is 2.94. The Kier molecular flexibility index (Phi) is 8.48. The molecule has 3 aromatic carbocycles. The lowest BCUT2D eigenvalue weighted by molar-refractivity contribution is -0.134. The fourth-order valence-electron chi connectivity index (χ4n) is 4.00. The average molecular weight is 497 g/mol. The molecule has 0 bridgehead atoms. The maximum atomic E-state index is 13.2. The standard InChI is InChI=1S/C30H32N4O3/c1-22-14-15-26(18-23(22)2)34-20-27(25-12-8-5-9-13-25)31-30(34)32-28(35)21-33(16-17-37-3)29(36)19-24-10-6-4-7-11-24/h4-15,18,20H,16-17,19,21H2,1-3H3,(H,31,32,35). The highest BCUT2D eigenvalue weighted by Crippen LogP contribution is 2.25. The molecule has 0 unspecified atom stereocenters. The molecule has 0 aliphatic rings. The van der Waals surface area contributed by atoms with E-state index in [-0.39, 0.29) is 24.8 Å². The number of hydrogen-bond donors (Lipinski definition) is 1. The molecule has 2 amide bonds. The van der Waals surface area contributed by atoms with Gasteiger partial charge in [-0.25, -0.2) is 4.98 Å². The van der Waals surface area contributed by atoms with Crippen molar-refractivity contribution in [1.82, 2.24) is 14.5 Å². The summed E-state index contributed by atoms with van der Waals surface area (Å²) in [5.41, 5.74) is 5.80. The number of amides is 2. The first-order chi connectivity index (χ1) is 17.9. The Balaban J connectivity index is 1.58. The first-order valence-electron chi connectivity index (χ1n) is 12.3. The third kappa shape index (κ3) is 6.71. The zero-order chi connectivity index (χ0) is 26.2. The lowest BCUT2D eigenvalue weighted by Gasteiger charge is -2.22. The SMILES string of the molecule is COCCN(CC(=O)Nc1nc(-c2ccccc2)cn1-c1ccc(C)c(C)c1)C(=O)Cc1ccccc1. The monoisotopic (exact) mass is 496 g/mol. The number of anilines is 1. The Morgan fingerprint density at radius 2 is 1.65 bits per heavy atom. The van der Waals surface area contributed by atoms with E-state index >= 15 is 0 Å². The largest absolute Gasteiger partial charge is 0.383 e. The highest BCUT2D eigenvalue weighted by Gasteiger charge is 2.20. The topological polar surface area (TPSA) is 76.5 Å². The Labute approximate surface area is 217 Å². The zero-order valence-electron chi connectivity index (χ0n) is 21.5. The van der Waals surface area contributed by atoms with Gasteiger partial charge in [-0.15, -0.1) is 0 Å². The van der Waals surface area contributed by atoms with Crippen molar-refractivity contribution in [2.24, 2.45) is 0 Å². The van der Waals surface area contributed by atoms with Crippen LogP contribution in [0.25, 0.3) is 16.9 Å². The van der Waals surface area contributed by atoms with Crippen molar-refractivity contribution in [1.29, 1.82) is 0 Å². The molecule has 0 spiro atoms. The Morgan fingerprint density at radius 1 is 0.946 bits per heavy atom. The average Bonchev–Trinajstić information content (AvgIpc) is 3.32. The first-order valence-corrected chi connectivity index (χ1v) is 12.3. The summed E-state index contributed by atoms with van der Waals surface area (Å²) < 4.78 is 7.05. The second-order valence-electron chi connectivity index (χ2n) is 8.97. The molecule has 0 atom stereocenters. The maximum Gasteiger partial charge on any atom is 0.246 e. The fraction of sp³-hybridized carbons (Fsp3) is 0.233. The van der Waals surface area contributed by atoms with Gasteiger partial charge in [-0.05, 0) is 42.7 Å². The van der Waals surface area contributed by atoms with Gasteiger partial charge in [0.05, 0.1) is 18.7 Å². The minimum absolute atomic E-state index is 0.102. The summed E-state index contributed by atoms with van der Waals surface area (Å²) in [5.74, 6) is -0.0667. The summed E-state index contributed by atoms with van der Waals surface area (Å²) in [6, 6.07) is 25.4. The number of nitrogens with zero attached hydrogens (tertiary/aromatic N) is 3. The predicted octanol–water partition coefficient (Wildman–Crippen LogP) is 4.81. The van der Waals surface area contributed by atoms with Gasteiger partial charge in [-0.1, -0.05) is 66.7 Å². The van der Waals surface area contributed by atoms with Crippen LogP contribution in [0.4, 0.5) is 5.95 Å². The van der Waals surface area contributed by atoms with Crippen molar-refractivity contribution in [3.63, 3.8) is 0 Å². The molecule has 37 heavy (non-hydrogen) atoms. The van der Waals surface area contributed by atoms with Gasteiger partial charge in [0.25, 0.3) is 0 Å². The van der Waals surface area contributed by atoms with Crippen molar-refractivity contribution < 1.29 is 14.3 Å². The number of carbonyl (C=O) groups is 2. The molecule has 190 valence electrons. The number of aromatic nitrogens is 2. The van der Waals surface area contributed by atoms with Crippen LogP contribution in [0.5, 0.6) is 0 Å². The quantitative estimate of drug-likeness (QED) is 0.342. The molecular formula is C30H32N4O3. The van der Waals surface area contributed by atoms with Crippen molar-refractivity contribution in [2.75, 3.05) is 32.1 Å². The second kappa shape index (κ2) is 12.1. The van der Waals surface area contributed by atoms with Crippen LogP contribution in [0.15, 0.2) is 85.1 Å². The lowest BCUT2D eigenvalue weighted by Crippen LogP contribution is -2.41. The van der Waals surface area contributed by atoms with Gasteiger partial charge >= 0.3 is 0 Å². The summed E-state index contributed by atoms with van der Waals surface area (Å²) in [6.45, 7) is 4.67. The van der Waals surface area contributed by atoms with Crippen molar-refractivity contribution in [3.8, 4) is 16.9 Å². The Bertz CT molecular complexity index is 1350. The molecule has 7 heteroatoms. The minimum atomic E-state index is -0.326. The van der Waals surface area contributed by atoms with Crippen LogP contribution >= 0.6 is 0 Å². The highest BCUT2D eigenvalue weighted by atomic mass is 16.5. The number of carbonyl (C=O) groups excluding carboxylic acids is 2. The van der Waals surface area contributed by atoms with E-state index in [0.717, 1.165) is 28.1 Å². The van der Waals surface area contributed by atoms with Crippen LogP contribution in [-0.2, 0) is 20.7 Å². The highest BCUT2D eigenvalue weighted by molar-refractivity contribution is 5.94. The van der Waals surface area contributed by atoms with Crippen molar-refractivity contribution >= 4 is 17.8 Å². The van der Waals surface area contributed by atoms with Crippen LogP contribution in [0.3, 0.4) is 0 Å². The maximum absolute atomic E-state index is 13.2. The Hall–Kier alpha value is -4.23. The summed E-state index contributed by atoms with van der Waals surface area (Å²) in [4.78, 5) is 32.5. The molecule has 0 aliphatic heterocycles. The third-order valence-corrected chi connectivity index (χ3v) is 6.25. The number of benzene rings is 3. The van der Waals surface area contributed by atoms with E-state index in [9.17, 15) is 9.59 Å². The minimum Gasteiger partial charge on any atom is -0.383 e. The number of aryl methyl sites for hydroxylation is 2. The predicted molar refractivity (Wildman–Crippen MR) is 146 cm³/mol. The van der Waals surface area contributed by atoms with Gasteiger partial charge < -0.3 is 9.64 Å². The Morgan fingerprint density at radius 3 is 2.32 bits per heavy atom. The smallest absolute Gasteiger partial charge is 0.246 e. The van der Waals surface area contributed by atoms with Gasteiger partial charge in [-0.3, -0.25) is 19.5 Å². The molecule has 0 saturated heterocycles. The van der Waals surface area contributed by atoms with E-state index in [1.807, 2.05) is 83.6 Å². The summed E-state index contributed by atoms with van der Waals surface area (Å²) in [7, 11) is 1.57. The normalized spacial score (nSPS) is 10.8. The first kappa shape index (κ1) is 25.9. The fourth-order valence-corrected chi connectivity index (χ4v) is 4.00. The van der Waals surface area contributed by atoms with Gasteiger partial charge in [-0.2, -0.15) is 0 Å². The van der Waals surface area contributed by atoms with Gasteiger partial charge in [0.2, 0.25) is 17.8 Å². The molecule has 0 aliphatic carbocycles. The number of imidazole rings is 1. The molecule has 0 fully saturated rings. The van der Waals surface area contributed by atoms with Gasteiger partial charge in [0.1, 0.15) is 6.54 Å². The summed E-state index contributed by atoms with van der Waals surface area (Å²) >= 11 is 0. The number of hydrogen-bond acceptors (Lipinski definition) is 4. The molecule has 1 heterocycles. The van der Waals surface area contributed by atoms with Crippen LogP contribution in [0, 0.1) is 13.8 Å². The molecular weight excluding hydrogens is 464 g/mol. The zero-order valence-corrected chi connectivity index (χ0v) is 21.5. The van der Waals surface area contributed by atoms with Crippen LogP contribution < -0.4 is 5.32 Å². The lowest BCUT2D eigenvalue weighted by atomic mass is 10.1. The summed E-state index contributed by atoms with van der Waals surface area (Å²) in [6.07, 6.45) is 2.13. The second-order valence-corrected chi connectivity index (χ2v) is 8.97. The van der Waals surface area contributed by atoms with E-state index in [1.165, 1.54) is 10.5 Å². The van der Waals surface area contributed by atoms with E-state index in [4.69, 9.17) is 9.72 Å². The van der Waals surface area contributed by atoms with E-state index in [1.54, 1.807) is 7.11 Å². The number of rotatable bonds is 10. The molecule has 1 N–H and O–H groups in total. The molecule has 1 aromatic heterocycles. The molecule has 4 rings (SSSR count). The van der Waals surface area contributed by atoms with Crippen molar-refractivity contribution in [2.45, 2.75) is 20.3 Å².